The fraction of sp³-hybridized carbons (Fsp3) is 0.545. The van der Waals surface area contributed by atoms with Crippen LogP contribution in [-0.2, 0) is 12.1 Å². The molecule has 0 saturated carbocycles. The monoisotopic (exact) mass is 529 g/mol. The van der Waals surface area contributed by atoms with E-state index in [1.807, 2.05) is 12.1 Å². The van der Waals surface area contributed by atoms with E-state index in [2.05, 4.69) is 91.4 Å². The largest absolute Gasteiger partial charge is 0.508 e. The lowest BCUT2D eigenvalue weighted by Gasteiger charge is -2.46. The summed E-state index contributed by atoms with van der Waals surface area (Å²) in [4.78, 5) is 12.5. The van der Waals surface area contributed by atoms with Crippen LogP contribution < -0.4 is 5.32 Å². The fourth-order valence-electron chi connectivity index (χ4n) is 7.06. The number of rotatable bonds is 8. The molecule has 2 saturated heterocycles. The summed E-state index contributed by atoms with van der Waals surface area (Å²) in [6.07, 6.45) is 6.53. The standard InChI is InChI=1S/C33H47N5O/c1-6-8-32(38-21-24(2)35-25(3)22-38)28-18-27-17-26(11-12-31(27)34-20-28)23-37-15-13-33(14-16-37,36(4)5)29-9-7-10-30(39)19-29/h7,9-12,17-20,24-25,32,35,39H,6,8,13-16,21-23H2,1-5H3/t24-,25+,32-/m0/s1. The van der Waals surface area contributed by atoms with Crippen LogP contribution in [0.4, 0.5) is 0 Å². The SMILES string of the molecule is CCC[C@@H](c1cnc2ccc(CN3CCC(c4cccc(O)c4)(N(C)C)CC3)cc2c1)N1C[C@@H](C)N[C@@H](C)C1. The molecule has 1 aromatic heterocycles. The highest BCUT2D eigenvalue weighted by atomic mass is 16.3. The van der Waals surface area contributed by atoms with Crippen molar-refractivity contribution in [2.75, 3.05) is 40.3 Å². The van der Waals surface area contributed by atoms with Gasteiger partial charge in [-0.05, 0) is 94.2 Å². The second kappa shape index (κ2) is 11.9. The van der Waals surface area contributed by atoms with Gasteiger partial charge in [0.2, 0.25) is 0 Å². The Morgan fingerprint density at radius 3 is 2.46 bits per heavy atom. The smallest absolute Gasteiger partial charge is 0.115 e. The molecule has 3 atom stereocenters. The number of phenolic OH excluding ortho intramolecular Hbond substituents is 1. The summed E-state index contributed by atoms with van der Waals surface area (Å²) in [5, 5.41) is 15.0. The maximum absolute atomic E-state index is 10.1. The first-order valence-electron chi connectivity index (χ1n) is 14.9. The molecule has 2 fully saturated rings. The van der Waals surface area contributed by atoms with Gasteiger partial charge >= 0.3 is 0 Å². The number of piperazine rings is 1. The van der Waals surface area contributed by atoms with Crippen molar-refractivity contribution in [1.82, 2.24) is 25.0 Å². The van der Waals surface area contributed by atoms with E-state index in [-0.39, 0.29) is 5.54 Å². The zero-order chi connectivity index (χ0) is 27.6. The van der Waals surface area contributed by atoms with Gasteiger partial charge in [0.15, 0.2) is 0 Å². The van der Waals surface area contributed by atoms with E-state index in [1.165, 1.54) is 28.5 Å². The Balaban J connectivity index is 1.31. The summed E-state index contributed by atoms with van der Waals surface area (Å²) in [6.45, 7) is 12.1. The third kappa shape index (κ3) is 6.14. The average molecular weight is 530 g/mol. The third-order valence-corrected chi connectivity index (χ3v) is 9.07. The molecule has 0 bridgehead atoms. The molecular formula is C33H47N5O. The number of benzene rings is 2. The molecule has 2 aromatic carbocycles. The number of likely N-dealkylation sites (tertiary alicyclic amines) is 1. The Labute approximate surface area is 235 Å². The Morgan fingerprint density at radius 1 is 1.05 bits per heavy atom. The Bertz CT molecular complexity index is 1240. The maximum atomic E-state index is 10.1. The van der Waals surface area contributed by atoms with Crippen LogP contribution in [0, 0.1) is 0 Å². The molecule has 3 aromatic rings. The number of piperidine rings is 1. The zero-order valence-electron chi connectivity index (χ0n) is 24.5. The molecule has 2 aliphatic rings. The Hall–Kier alpha value is -2.51. The van der Waals surface area contributed by atoms with Gasteiger partial charge in [0.1, 0.15) is 5.75 Å². The van der Waals surface area contributed by atoms with Gasteiger partial charge < -0.3 is 10.4 Å². The fourth-order valence-corrected chi connectivity index (χ4v) is 7.06. The summed E-state index contributed by atoms with van der Waals surface area (Å²) in [6, 6.07) is 18.5. The molecule has 2 N–H and O–H groups in total. The van der Waals surface area contributed by atoms with Crippen LogP contribution in [0.5, 0.6) is 5.75 Å². The molecular weight excluding hydrogens is 482 g/mol. The summed E-state index contributed by atoms with van der Waals surface area (Å²) in [5.41, 5.74) is 4.96. The van der Waals surface area contributed by atoms with Crippen LogP contribution in [0.2, 0.25) is 0 Å². The third-order valence-electron chi connectivity index (χ3n) is 9.07. The number of aromatic hydroxyl groups is 1. The van der Waals surface area contributed by atoms with E-state index >= 15 is 0 Å². The minimum absolute atomic E-state index is 0.0370. The maximum Gasteiger partial charge on any atom is 0.115 e. The van der Waals surface area contributed by atoms with Crippen molar-refractivity contribution in [3.8, 4) is 5.75 Å². The van der Waals surface area contributed by atoms with Crippen molar-refractivity contribution < 1.29 is 5.11 Å². The number of fused-ring (bicyclic) bond motifs is 1. The number of hydrogen-bond acceptors (Lipinski definition) is 6. The second-order valence-electron chi connectivity index (χ2n) is 12.3. The summed E-state index contributed by atoms with van der Waals surface area (Å²) >= 11 is 0. The predicted molar refractivity (Wildman–Crippen MR) is 161 cm³/mol. The molecule has 6 nitrogen and oxygen atoms in total. The van der Waals surface area contributed by atoms with Crippen LogP contribution in [0.1, 0.15) is 69.2 Å². The van der Waals surface area contributed by atoms with Crippen molar-refractivity contribution >= 4 is 10.9 Å². The molecule has 210 valence electrons. The van der Waals surface area contributed by atoms with Crippen molar-refractivity contribution in [2.24, 2.45) is 0 Å². The van der Waals surface area contributed by atoms with Gasteiger partial charge in [-0.1, -0.05) is 31.5 Å². The first-order chi connectivity index (χ1) is 18.8. The lowest BCUT2D eigenvalue weighted by molar-refractivity contribution is 0.0506. The van der Waals surface area contributed by atoms with Crippen LogP contribution in [0.25, 0.3) is 10.9 Å². The minimum atomic E-state index is -0.0370. The molecule has 5 rings (SSSR count). The molecule has 0 aliphatic carbocycles. The van der Waals surface area contributed by atoms with E-state index in [1.54, 1.807) is 6.07 Å². The molecule has 0 amide bonds. The van der Waals surface area contributed by atoms with E-state index in [0.717, 1.165) is 57.5 Å². The van der Waals surface area contributed by atoms with Gasteiger partial charge in [-0.3, -0.25) is 19.7 Å². The van der Waals surface area contributed by atoms with Crippen molar-refractivity contribution in [3.05, 3.63) is 71.4 Å². The molecule has 39 heavy (non-hydrogen) atoms. The molecule has 0 unspecified atom stereocenters. The number of hydrogen-bond donors (Lipinski definition) is 2. The molecule has 3 heterocycles. The number of nitrogens with one attached hydrogen (secondary N) is 1. The highest BCUT2D eigenvalue weighted by Crippen LogP contribution is 2.39. The molecule has 6 heteroatoms. The van der Waals surface area contributed by atoms with Gasteiger partial charge in [-0.25, -0.2) is 0 Å². The van der Waals surface area contributed by atoms with Gasteiger partial charge in [0.05, 0.1) is 5.52 Å². The van der Waals surface area contributed by atoms with Gasteiger partial charge in [-0.15, -0.1) is 0 Å². The van der Waals surface area contributed by atoms with Crippen LogP contribution >= 0.6 is 0 Å². The molecule has 2 aliphatic heterocycles. The van der Waals surface area contributed by atoms with Crippen LogP contribution in [0.3, 0.4) is 0 Å². The van der Waals surface area contributed by atoms with E-state index < -0.39 is 0 Å². The summed E-state index contributed by atoms with van der Waals surface area (Å²) in [7, 11) is 4.34. The van der Waals surface area contributed by atoms with E-state index in [0.29, 0.717) is 23.9 Å². The summed E-state index contributed by atoms with van der Waals surface area (Å²) in [5.74, 6) is 0.349. The quantitative estimate of drug-likeness (QED) is 0.401. The first kappa shape index (κ1) is 28.0. The minimum Gasteiger partial charge on any atom is -0.508 e. The highest BCUT2D eigenvalue weighted by Gasteiger charge is 2.38. The van der Waals surface area contributed by atoms with E-state index in [9.17, 15) is 5.11 Å². The zero-order valence-corrected chi connectivity index (χ0v) is 24.5. The topological polar surface area (TPSA) is 54.9 Å². The molecule has 0 radical (unpaired) electrons. The number of pyridine rings is 1. The number of nitrogens with zero attached hydrogens (tertiary/aromatic N) is 4. The molecule has 0 spiro atoms. The second-order valence-corrected chi connectivity index (χ2v) is 12.3. The van der Waals surface area contributed by atoms with Crippen molar-refractivity contribution in [2.45, 2.75) is 76.7 Å². The predicted octanol–water partition coefficient (Wildman–Crippen LogP) is 5.52. The average Bonchev–Trinajstić information content (AvgIpc) is 2.91. The van der Waals surface area contributed by atoms with Gasteiger partial charge in [0.25, 0.3) is 0 Å². The van der Waals surface area contributed by atoms with Crippen molar-refractivity contribution in [3.63, 3.8) is 0 Å². The Morgan fingerprint density at radius 2 is 1.79 bits per heavy atom. The number of aromatic nitrogens is 1. The van der Waals surface area contributed by atoms with Crippen molar-refractivity contribution in [1.29, 1.82) is 0 Å². The van der Waals surface area contributed by atoms with Crippen LogP contribution in [-0.4, -0.2) is 77.1 Å². The normalized spacial score (nSPS) is 23.3. The summed E-state index contributed by atoms with van der Waals surface area (Å²) < 4.78 is 0. The first-order valence-corrected chi connectivity index (χ1v) is 14.9. The van der Waals surface area contributed by atoms with E-state index in [4.69, 9.17) is 4.98 Å². The lowest BCUT2D eigenvalue weighted by Crippen LogP contribution is -2.55. The Kier molecular flexibility index (Phi) is 8.57. The van der Waals surface area contributed by atoms with Crippen LogP contribution in [0.15, 0.2) is 54.7 Å². The van der Waals surface area contributed by atoms with Gasteiger partial charge in [-0.2, -0.15) is 0 Å². The highest BCUT2D eigenvalue weighted by molar-refractivity contribution is 5.79. The van der Waals surface area contributed by atoms with Gasteiger partial charge in [0, 0.05) is 68.0 Å². The lowest BCUT2D eigenvalue weighted by atomic mass is 9.79. The number of phenols is 1.